The maximum atomic E-state index is 12.7. The highest BCUT2D eigenvalue weighted by Crippen LogP contribution is 2.38. The summed E-state index contributed by atoms with van der Waals surface area (Å²) in [5, 5.41) is 25.1. The average molecular weight is 486 g/mol. The first-order valence-electron chi connectivity index (χ1n) is 11.0. The molecule has 0 bridgehead atoms. The van der Waals surface area contributed by atoms with Gasteiger partial charge in [-0.15, -0.1) is 32.9 Å². The van der Waals surface area contributed by atoms with Crippen LogP contribution in [0.4, 0.5) is 5.00 Å². The number of carbonyl (C=O) groups is 1. The summed E-state index contributed by atoms with van der Waals surface area (Å²) in [5.41, 5.74) is 4.26. The van der Waals surface area contributed by atoms with Gasteiger partial charge in [0.05, 0.1) is 11.3 Å². The number of nitrogens with zero attached hydrogens (tertiary/aromatic N) is 4. The van der Waals surface area contributed by atoms with Crippen molar-refractivity contribution in [2.75, 3.05) is 11.1 Å². The number of aryl methyl sites for hydroxylation is 2. The predicted octanol–water partition coefficient (Wildman–Crippen LogP) is 5.83. The van der Waals surface area contributed by atoms with E-state index < -0.39 is 0 Å². The molecule has 0 radical (unpaired) electrons. The van der Waals surface area contributed by atoms with Crippen molar-refractivity contribution in [3.63, 3.8) is 0 Å². The van der Waals surface area contributed by atoms with Gasteiger partial charge in [-0.1, -0.05) is 25.6 Å². The number of anilines is 1. The van der Waals surface area contributed by atoms with Gasteiger partial charge in [-0.05, 0) is 56.6 Å². The van der Waals surface area contributed by atoms with E-state index in [1.807, 2.05) is 0 Å². The van der Waals surface area contributed by atoms with E-state index in [2.05, 4.69) is 52.3 Å². The first kappa shape index (κ1) is 23.0. The van der Waals surface area contributed by atoms with E-state index in [9.17, 15) is 10.1 Å². The molecule has 0 atom stereocenters. The Balaban J connectivity index is 1.49. The van der Waals surface area contributed by atoms with Crippen molar-refractivity contribution in [1.29, 1.82) is 5.26 Å². The first-order chi connectivity index (χ1) is 15.6. The number of fused-ring (bicyclic) bond motifs is 1. The number of carbonyl (C=O) groups excluding carboxylic acids is 1. The SMILES string of the molecule is CCCn1c(SCC(=O)Nc2sc3c(c2C#N)CCCC3)nnc1-c1csc(C)c1CC. The topological polar surface area (TPSA) is 83.6 Å². The van der Waals surface area contributed by atoms with Gasteiger partial charge in [0, 0.05) is 27.2 Å². The molecule has 0 aromatic carbocycles. The third-order valence-corrected chi connectivity index (χ3v) is 8.86. The van der Waals surface area contributed by atoms with E-state index in [1.165, 1.54) is 27.1 Å². The molecule has 1 amide bonds. The molecule has 0 unspecified atom stereocenters. The van der Waals surface area contributed by atoms with E-state index >= 15 is 0 Å². The van der Waals surface area contributed by atoms with E-state index in [4.69, 9.17) is 0 Å². The Morgan fingerprint density at radius 1 is 1.31 bits per heavy atom. The number of hydrogen-bond donors (Lipinski definition) is 1. The van der Waals surface area contributed by atoms with Crippen LogP contribution in [0.2, 0.25) is 0 Å². The summed E-state index contributed by atoms with van der Waals surface area (Å²) in [6.45, 7) is 7.25. The summed E-state index contributed by atoms with van der Waals surface area (Å²) in [7, 11) is 0. The normalized spacial score (nSPS) is 13.1. The predicted molar refractivity (Wildman–Crippen MR) is 133 cm³/mol. The van der Waals surface area contributed by atoms with Gasteiger partial charge in [0.15, 0.2) is 11.0 Å². The number of nitrogens with one attached hydrogen (secondary N) is 1. The largest absolute Gasteiger partial charge is 0.316 e. The molecule has 1 aliphatic rings. The van der Waals surface area contributed by atoms with E-state index in [1.54, 1.807) is 22.7 Å². The van der Waals surface area contributed by atoms with Crippen molar-refractivity contribution >= 4 is 45.3 Å². The fraction of sp³-hybridized carbons (Fsp3) is 0.478. The highest BCUT2D eigenvalue weighted by atomic mass is 32.2. The van der Waals surface area contributed by atoms with Crippen molar-refractivity contribution in [3.8, 4) is 17.5 Å². The third-order valence-electron chi connectivity index (χ3n) is 5.73. The van der Waals surface area contributed by atoms with Crippen LogP contribution in [-0.4, -0.2) is 26.4 Å². The van der Waals surface area contributed by atoms with Gasteiger partial charge >= 0.3 is 0 Å². The fourth-order valence-electron chi connectivity index (χ4n) is 4.19. The molecule has 9 heteroatoms. The van der Waals surface area contributed by atoms with Crippen LogP contribution in [-0.2, 0) is 30.6 Å². The minimum atomic E-state index is -0.113. The molecule has 0 fully saturated rings. The first-order valence-corrected chi connectivity index (χ1v) is 13.7. The smallest absolute Gasteiger partial charge is 0.235 e. The van der Waals surface area contributed by atoms with Gasteiger partial charge in [0.1, 0.15) is 11.1 Å². The molecule has 1 aliphatic carbocycles. The lowest BCUT2D eigenvalue weighted by Gasteiger charge is -2.10. The Kier molecular flexibility index (Phi) is 7.33. The van der Waals surface area contributed by atoms with Crippen molar-refractivity contribution in [2.24, 2.45) is 0 Å². The molecule has 168 valence electrons. The summed E-state index contributed by atoms with van der Waals surface area (Å²) in [6.07, 6.45) is 6.12. The molecule has 0 spiro atoms. The van der Waals surface area contributed by atoms with Crippen LogP contribution >= 0.6 is 34.4 Å². The second-order valence-electron chi connectivity index (χ2n) is 7.86. The summed E-state index contributed by atoms with van der Waals surface area (Å²) < 4.78 is 2.13. The fourth-order valence-corrected chi connectivity index (χ4v) is 7.15. The van der Waals surface area contributed by atoms with Crippen LogP contribution in [0.15, 0.2) is 10.5 Å². The summed E-state index contributed by atoms with van der Waals surface area (Å²) in [6, 6.07) is 2.31. The Labute approximate surface area is 201 Å². The molecule has 0 saturated carbocycles. The molecule has 32 heavy (non-hydrogen) atoms. The highest BCUT2D eigenvalue weighted by Gasteiger charge is 2.23. The Morgan fingerprint density at radius 3 is 2.88 bits per heavy atom. The van der Waals surface area contributed by atoms with Gasteiger partial charge < -0.3 is 9.88 Å². The minimum Gasteiger partial charge on any atom is -0.316 e. The summed E-state index contributed by atoms with van der Waals surface area (Å²) >= 11 is 4.70. The third kappa shape index (κ3) is 4.49. The molecular weight excluding hydrogens is 458 g/mol. The molecular formula is C23H27N5OS3. The molecule has 3 aromatic heterocycles. The Morgan fingerprint density at radius 2 is 2.12 bits per heavy atom. The molecule has 0 saturated heterocycles. The molecule has 1 N–H and O–H groups in total. The van der Waals surface area contributed by atoms with Gasteiger partial charge in [-0.3, -0.25) is 4.79 Å². The van der Waals surface area contributed by atoms with Crippen LogP contribution in [0.25, 0.3) is 11.4 Å². The van der Waals surface area contributed by atoms with E-state index in [0.717, 1.165) is 67.2 Å². The van der Waals surface area contributed by atoms with Crippen LogP contribution in [0.5, 0.6) is 0 Å². The zero-order valence-electron chi connectivity index (χ0n) is 18.7. The van der Waals surface area contributed by atoms with Crippen molar-refractivity contribution in [1.82, 2.24) is 14.8 Å². The quantitative estimate of drug-likeness (QED) is 0.406. The Hall–Kier alpha value is -2.15. The number of thioether (sulfide) groups is 1. The van der Waals surface area contributed by atoms with E-state index in [0.29, 0.717) is 10.6 Å². The highest BCUT2D eigenvalue weighted by molar-refractivity contribution is 7.99. The van der Waals surface area contributed by atoms with Crippen molar-refractivity contribution < 1.29 is 4.79 Å². The lowest BCUT2D eigenvalue weighted by Crippen LogP contribution is -2.14. The van der Waals surface area contributed by atoms with Crippen molar-refractivity contribution in [3.05, 3.63) is 31.8 Å². The summed E-state index contributed by atoms with van der Waals surface area (Å²) in [5.74, 6) is 1.01. The van der Waals surface area contributed by atoms with Crippen LogP contribution in [0.3, 0.4) is 0 Å². The van der Waals surface area contributed by atoms with Gasteiger partial charge in [0.25, 0.3) is 0 Å². The number of thiophene rings is 2. The van der Waals surface area contributed by atoms with Gasteiger partial charge in [0.2, 0.25) is 5.91 Å². The van der Waals surface area contributed by atoms with Gasteiger partial charge in [-0.25, -0.2) is 0 Å². The molecule has 0 aliphatic heterocycles. The lowest BCUT2D eigenvalue weighted by molar-refractivity contribution is -0.113. The Bertz CT molecular complexity index is 1170. The number of rotatable bonds is 8. The average Bonchev–Trinajstić information content (AvgIpc) is 3.46. The second-order valence-corrected chi connectivity index (χ2v) is 11.0. The number of hydrogen-bond acceptors (Lipinski definition) is 7. The molecule has 6 nitrogen and oxygen atoms in total. The standard InChI is InChI=1S/C23H27N5OS3/c1-4-10-28-21(18-12-30-14(3)15(18)5-2)26-27-23(28)31-13-20(29)25-22-17(11-24)16-8-6-7-9-19(16)32-22/h12H,4-10,13H2,1-3H3,(H,25,29). The van der Waals surface area contributed by atoms with Crippen LogP contribution < -0.4 is 5.32 Å². The maximum Gasteiger partial charge on any atom is 0.235 e. The van der Waals surface area contributed by atoms with Crippen molar-refractivity contribution in [2.45, 2.75) is 71.0 Å². The second kappa shape index (κ2) is 10.2. The molecule has 4 rings (SSSR count). The minimum absolute atomic E-state index is 0.113. The monoisotopic (exact) mass is 485 g/mol. The maximum absolute atomic E-state index is 12.7. The summed E-state index contributed by atoms with van der Waals surface area (Å²) in [4.78, 5) is 15.3. The van der Waals surface area contributed by atoms with Crippen LogP contribution in [0.1, 0.15) is 59.6 Å². The molecule has 3 heterocycles. The molecule has 3 aromatic rings. The number of aromatic nitrogens is 3. The number of amides is 1. The number of nitriles is 1. The lowest BCUT2D eigenvalue weighted by atomic mass is 9.96. The zero-order chi connectivity index (χ0) is 22.7. The van der Waals surface area contributed by atoms with E-state index in [-0.39, 0.29) is 11.7 Å². The van der Waals surface area contributed by atoms with Gasteiger partial charge in [-0.2, -0.15) is 5.26 Å². The zero-order valence-corrected chi connectivity index (χ0v) is 21.1. The van der Waals surface area contributed by atoms with Crippen LogP contribution in [0, 0.1) is 18.3 Å².